The molecule has 1 aliphatic rings. The van der Waals surface area contributed by atoms with Gasteiger partial charge >= 0.3 is 0 Å². The van der Waals surface area contributed by atoms with Crippen molar-refractivity contribution in [3.8, 4) is 11.1 Å². The summed E-state index contributed by atoms with van der Waals surface area (Å²) < 4.78 is 20.1. The summed E-state index contributed by atoms with van der Waals surface area (Å²) in [5.41, 5.74) is 4.49. The van der Waals surface area contributed by atoms with Crippen LogP contribution in [0, 0.1) is 5.82 Å². The smallest absolute Gasteiger partial charge is 0.256 e. The highest BCUT2D eigenvalue weighted by molar-refractivity contribution is 5.97. The molecule has 1 amide bonds. The van der Waals surface area contributed by atoms with Crippen LogP contribution in [0.1, 0.15) is 36.2 Å². The standard InChI is InChI=1S/C25H26FN3O2/c1-15(2)29(3)25(30)20-11-16(9-10-22(20)26)17-12-19-21(14-28-24(19)27-13-17)18-7-5-6-8-23(18)31-4/h5-7,9-15,23H,8H2,1-4H3,(H,27,28). The van der Waals surface area contributed by atoms with Crippen molar-refractivity contribution in [2.75, 3.05) is 14.2 Å². The number of fused-ring (bicyclic) bond motifs is 1. The average molecular weight is 420 g/mol. The first-order valence-corrected chi connectivity index (χ1v) is 10.3. The number of benzene rings is 1. The highest BCUT2D eigenvalue weighted by Gasteiger charge is 2.21. The lowest BCUT2D eigenvalue weighted by molar-refractivity contribution is 0.0750. The number of allylic oxidation sites excluding steroid dienone is 2. The number of amides is 1. The van der Waals surface area contributed by atoms with Gasteiger partial charge in [-0.1, -0.05) is 24.3 Å². The van der Waals surface area contributed by atoms with Gasteiger partial charge in [0.05, 0.1) is 11.7 Å². The van der Waals surface area contributed by atoms with Crippen LogP contribution in [0.5, 0.6) is 0 Å². The average Bonchev–Trinajstić information content (AvgIpc) is 3.21. The topological polar surface area (TPSA) is 58.2 Å². The Kier molecular flexibility index (Phi) is 5.74. The summed E-state index contributed by atoms with van der Waals surface area (Å²) in [6.07, 6.45) is 10.6. The Morgan fingerprint density at radius 2 is 2.10 bits per heavy atom. The van der Waals surface area contributed by atoms with Gasteiger partial charge in [-0.25, -0.2) is 9.37 Å². The van der Waals surface area contributed by atoms with Crippen molar-refractivity contribution in [3.63, 3.8) is 0 Å². The van der Waals surface area contributed by atoms with Gasteiger partial charge in [0.1, 0.15) is 11.5 Å². The predicted molar refractivity (Wildman–Crippen MR) is 121 cm³/mol. The lowest BCUT2D eigenvalue weighted by Gasteiger charge is -2.22. The zero-order valence-corrected chi connectivity index (χ0v) is 18.1. The second kappa shape index (κ2) is 8.47. The predicted octanol–water partition coefficient (Wildman–Crippen LogP) is 5.21. The summed E-state index contributed by atoms with van der Waals surface area (Å²) in [6, 6.07) is 6.62. The van der Waals surface area contributed by atoms with Gasteiger partial charge in [-0.05, 0) is 49.6 Å². The first kappa shape index (κ1) is 21.0. The van der Waals surface area contributed by atoms with E-state index in [-0.39, 0.29) is 23.6 Å². The number of nitrogens with zero attached hydrogens (tertiary/aromatic N) is 2. The molecule has 160 valence electrons. The van der Waals surface area contributed by atoms with Crippen LogP contribution >= 0.6 is 0 Å². The Morgan fingerprint density at radius 3 is 2.84 bits per heavy atom. The van der Waals surface area contributed by atoms with E-state index in [1.54, 1.807) is 32.5 Å². The van der Waals surface area contributed by atoms with Crippen molar-refractivity contribution in [2.45, 2.75) is 32.4 Å². The summed E-state index contributed by atoms with van der Waals surface area (Å²) in [5.74, 6) is -0.868. The van der Waals surface area contributed by atoms with Gasteiger partial charge in [-0.3, -0.25) is 4.79 Å². The van der Waals surface area contributed by atoms with E-state index in [4.69, 9.17) is 4.74 Å². The van der Waals surface area contributed by atoms with Crippen LogP contribution in [-0.2, 0) is 4.74 Å². The van der Waals surface area contributed by atoms with Crippen molar-refractivity contribution in [1.29, 1.82) is 0 Å². The number of aromatic amines is 1. The number of ether oxygens (including phenoxy) is 1. The molecule has 1 aliphatic carbocycles. The molecule has 0 fully saturated rings. The molecule has 0 radical (unpaired) electrons. The number of carbonyl (C=O) groups is 1. The van der Waals surface area contributed by atoms with Crippen molar-refractivity contribution in [3.05, 3.63) is 71.8 Å². The van der Waals surface area contributed by atoms with Gasteiger partial charge in [0, 0.05) is 49.1 Å². The molecule has 2 heterocycles. The minimum Gasteiger partial charge on any atom is -0.376 e. The third-order valence-electron chi connectivity index (χ3n) is 5.86. The van der Waals surface area contributed by atoms with Crippen LogP contribution in [0.3, 0.4) is 0 Å². The van der Waals surface area contributed by atoms with Crippen LogP contribution in [0.25, 0.3) is 27.7 Å². The number of pyridine rings is 1. The van der Waals surface area contributed by atoms with E-state index in [1.807, 2.05) is 32.2 Å². The lowest BCUT2D eigenvalue weighted by atomic mass is 9.94. The Hall–Kier alpha value is -3.25. The summed E-state index contributed by atoms with van der Waals surface area (Å²) >= 11 is 0. The molecule has 4 rings (SSSR count). The summed E-state index contributed by atoms with van der Waals surface area (Å²) in [6.45, 7) is 3.79. The zero-order chi connectivity index (χ0) is 22.1. The van der Waals surface area contributed by atoms with Gasteiger partial charge < -0.3 is 14.6 Å². The van der Waals surface area contributed by atoms with Crippen LogP contribution in [0.15, 0.2) is 54.9 Å². The van der Waals surface area contributed by atoms with E-state index >= 15 is 0 Å². The summed E-state index contributed by atoms with van der Waals surface area (Å²) in [7, 11) is 3.39. The number of nitrogens with one attached hydrogen (secondary N) is 1. The molecule has 1 unspecified atom stereocenters. The molecule has 0 saturated carbocycles. The van der Waals surface area contributed by atoms with Gasteiger partial charge in [0.2, 0.25) is 0 Å². The SMILES string of the molecule is COC1CC=CC=C1c1c[nH]c2ncc(-c3ccc(F)c(C(=O)N(C)C(C)C)c3)cc12. The lowest BCUT2D eigenvalue weighted by Crippen LogP contribution is -2.33. The number of hydrogen-bond acceptors (Lipinski definition) is 3. The number of methoxy groups -OCH3 is 1. The molecule has 1 atom stereocenters. The molecule has 31 heavy (non-hydrogen) atoms. The van der Waals surface area contributed by atoms with E-state index < -0.39 is 5.82 Å². The van der Waals surface area contributed by atoms with Crippen molar-refractivity contribution < 1.29 is 13.9 Å². The summed E-state index contributed by atoms with van der Waals surface area (Å²) in [4.78, 5) is 22.0. The Balaban J connectivity index is 1.78. The quantitative estimate of drug-likeness (QED) is 0.618. The van der Waals surface area contributed by atoms with Crippen LogP contribution in [-0.4, -0.2) is 47.1 Å². The number of H-pyrrole nitrogens is 1. The third kappa shape index (κ3) is 3.91. The zero-order valence-electron chi connectivity index (χ0n) is 18.1. The minimum absolute atomic E-state index is 0.0192. The minimum atomic E-state index is -0.528. The van der Waals surface area contributed by atoms with Crippen molar-refractivity contribution in [2.24, 2.45) is 0 Å². The largest absolute Gasteiger partial charge is 0.376 e. The molecule has 5 nitrogen and oxygen atoms in total. The fraction of sp³-hybridized carbons (Fsp3) is 0.280. The maximum absolute atomic E-state index is 14.5. The van der Waals surface area contributed by atoms with Crippen LogP contribution in [0.2, 0.25) is 0 Å². The fourth-order valence-electron chi connectivity index (χ4n) is 3.79. The number of carbonyl (C=O) groups excluding carboxylic acids is 1. The molecule has 1 N–H and O–H groups in total. The first-order valence-electron chi connectivity index (χ1n) is 10.3. The van der Waals surface area contributed by atoms with E-state index in [2.05, 4.69) is 22.1 Å². The molecular weight excluding hydrogens is 393 g/mol. The van der Waals surface area contributed by atoms with Crippen LogP contribution < -0.4 is 0 Å². The number of hydrogen-bond donors (Lipinski definition) is 1. The maximum Gasteiger partial charge on any atom is 0.256 e. The Morgan fingerprint density at radius 1 is 1.29 bits per heavy atom. The normalized spacial score (nSPS) is 16.1. The molecule has 0 saturated heterocycles. The number of halogens is 1. The van der Waals surface area contributed by atoms with E-state index in [0.717, 1.165) is 39.7 Å². The molecule has 3 aromatic rings. The van der Waals surface area contributed by atoms with E-state index in [0.29, 0.717) is 0 Å². The van der Waals surface area contributed by atoms with Gasteiger partial charge in [0.25, 0.3) is 5.91 Å². The van der Waals surface area contributed by atoms with Crippen molar-refractivity contribution in [1.82, 2.24) is 14.9 Å². The summed E-state index contributed by atoms with van der Waals surface area (Å²) in [5, 5.41) is 0.956. The molecule has 0 aliphatic heterocycles. The van der Waals surface area contributed by atoms with Gasteiger partial charge in [-0.2, -0.15) is 0 Å². The van der Waals surface area contributed by atoms with E-state index in [9.17, 15) is 9.18 Å². The Bertz CT molecular complexity index is 1190. The monoisotopic (exact) mass is 419 g/mol. The van der Waals surface area contributed by atoms with Crippen molar-refractivity contribution >= 4 is 22.5 Å². The maximum atomic E-state index is 14.5. The fourth-order valence-corrected chi connectivity index (χ4v) is 3.79. The highest BCUT2D eigenvalue weighted by Crippen LogP contribution is 2.33. The molecule has 1 aromatic carbocycles. The van der Waals surface area contributed by atoms with E-state index in [1.165, 1.54) is 11.0 Å². The molecule has 0 bridgehead atoms. The Labute approximate surface area is 181 Å². The second-order valence-corrected chi connectivity index (χ2v) is 8.04. The second-order valence-electron chi connectivity index (χ2n) is 8.04. The third-order valence-corrected chi connectivity index (χ3v) is 5.86. The molecular formula is C25H26FN3O2. The highest BCUT2D eigenvalue weighted by atomic mass is 19.1. The number of aromatic nitrogens is 2. The molecule has 6 heteroatoms. The van der Waals surface area contributed by atoms with Gasteiger partial charge in [-0.15, -0.1) is 0 Å². The molecule has 2 aromatic heterocycles. The number of rotatable bonds is 5. The van der Waals surface area contributed by atoms with Gasteiger partial charge in [0.15, 0.2) is 0 Å². The first-order chi connectivity index (χ1) is 14.9. The van der Waals surface area contributed by atoms with Crippen LogP contribution in [0.4, 0.5) is 4.39 Å². The molecule has 0 spiro atoms.